The summed E-state index contributed by atoms with van der Waals surface area (Å²) in [6.45, 7) is 0.567. The fourth-order valence-electron chi connectivity index (χ4n) is 2.02. The van der Waals surface area contributed by atoms with Crippen molar-refractivity contribution in [2.24, 2.45) is 0 Å². The standard InChI is InChI=1S/C17H21NO4S/c1-18(12-15-8-10-17(21-2)11-9-15)23(19,20)14-22-13-16-6-4-3-5-7-16/h3-11H,12-14H2,1-2H3. The summed E-state index contributed by atoms with van der Waals surface area (Å²) in [5.41, 5.74) is 1.83. The summed E-state index contributed by atoms with van der Waals surface area (Å²) in [6, 6.07) is 16.8. The number of benzene rings is 2. The summed E-state index contributed by atoms with van der Waals surface area (Å²) >= 11 is 0. The van der Waals surface area contributed by atoms with E-state index in [0.29, 0.717) is 6.54 Å². The first-order valence-corrected chi connectivity index (χ1v) is 8.81. The molecular formula is C17H21NO4S. The van der Waals surface area contributed by atoms with E-state index in [1.807, 2.05) is 54.6 Å². The van der Waals surface area contributed by atoms with E-state index >= 15 is 0 Å². The molecule has 23 heavy (non-hydrogen) atoms. The lowest BCUT2D eigenvalue weighted by atomic mass is 10.2. The Morgan fingerprint density at radius 1 is 0.957 bits per heavy atom. The van der Waals surface area contributed by atoms with Crippen LogP contribution in [0.15, 0.2) is 54.6 Å². The van der Waals surface area contributed by atoms with Gasteiger partial charge in [0.05, 0.1) is 13.7 Å². The number of nitrogens with zero attached hydrogens (tertiary/aromatic N) is 1. The number of hydrogen-bond acceptors (Lipinski definition) is 4. The molecule has 0 amide bonds. The maximum atomic E-state index is 12.2. The topological polar surface area (TPSA) is 55.8 Å². The molecule has 0 unspecified atom stereocenters. The van der Waals surface area contributed by atoms with Crippen LogP contribution in [-0.2, 0) is 27.9 Å². The van der Waals surface area contributed by atoms with Gasteiger partial charge in [-0.3, -0.25) is 0 Å². The normalized spacial score (nSPS) is 11.6. The van der Waals surface area contributed by atoms with Gasteiger partial charge < -0.3 is 9.47 Å². The molecule has 0 atom stereocenters. The average molecular weight is 335 g/mol. The second kappa shape index (κ2) is 8.10. The Bertz CT molecular complexity index is 699. The zero-order valence-corrected chi connectivity index (χ0v) is 14.1. The first kappa shape index (κ1) is 17.5. The van der Waals surface area contributed by atoms with Crippen LogP contribution in [0.2, 0.25) is 0 Å². The van der Waals surface area contributed by atoms with Gasteiger partial charge in [0.15, 0.2) is 5.94 Å². The van der Waals surface area contributed by atoms with Crippen LogP contribution in [0.4, 0.5) is 0 Å². The van der Waals surface area contributed by atoms with Crippen LogP contribution < -0.4 is 4.74 Å². The highest BCUT2D eigenvalue weighted by Gasteiger charge is 2.18. The molecule has 0 aromatic heterocycles. The van der Waals surface area contributed by atoms with Crippen molar-refractivity contribution in [2.75, 3.05) is 20.1 Å². The van der Waals surface area contributed by atoms with Crippen LogP contribution in [0.3, 0.4) is 0 Å². The third-order valence-electron chi connectivity index (χ3n) is 3.38. The predicted octanol–water partition coefficient (Wildman–Crippen LogP) is 2.63. The van der Waals surface area contributed by atoms with E-state index in [-0.39, 0.29) is 12.5 Å². The van der Waals surface area contributed by atoms with Gasteiger partial charge in [-0.15, -0.1) is 0 Å². The highest BCUT2D eigenvalue weighted by atomic mass is 32.2. The second-order valence-corrected chi connectivity index (χ2v) is 7.19. The molecule has 6 heteroatoms. The zero-order valence-electron chi connectivity index (χ0n) is 13.3. The molecule has 2 aromatic carbocycles. The molecule has 2 rings (SSSR count). The average Bonchev–Trinajstić information content (AvgIpc) is 2.56. The van der Waals surface area contributed by atoms with Gasteiger partial charge in [-0.25, -0.2) is 8.42 Å². The number of hydrogen-bond donors (Lipinski definition) is 0. The lowest BCUT2D eigenvalue weighted by Gasteiger charge is -2.17. The van der Waals surface area contributed by atoms with Crippen LogP contribution in [0.1, 0.15) is 11.1 Å². The first-order valence-electron chi connectivity index (χ1n) is 7.20. The van der Waals surface area contributed by atoms with E-state index in [4.69, 9.17) is 9.47 Å². The summed E-state index contributed by atoms with van der Waals surface area (Å²) in [4.78, 5) is 0. The minimum atomic E-state index is -3.46. The maximum absolute atomic E-state index is 12.2. The quantitative estimate of drug-likeness (QED) is 0.744. The van der Waals surface area contributed by atoms with Gasteiger partial charge in [0, 0.05) is 13.6 Å². The maximum Gasteiger partial charge on any atom is 0.238 e. The van der Waals surface area contributed by atoms with Crippen molar-refractivity contribution in [1.29, 1.82) is 0 Å². The molecule has 0 spiro atoms. The minimum Gasteiger partial charge on any atom is -0.497 e. The Morgan fingerprint density at radius 2 is 1.61 bits per heavy atom. The van der Waals surface area contributed by atoms with Crippen molar-refractivity contribution in [3.63, 3.8) is 0 Å². The van der Waals surface area contributed by atoms with Crippen molar-refractivity contribution in [3.8, 4) is 5.75 Å². The SMILES string of the molecule is COc1ccc(CN(C)S(=O)(=O)COCc2ccccc2)cc1. The zero-order chi connectivity index (χ0) is 16.7. The number of rotatable bonds is 8. The summed E-state index contributed by atoms with van der Waals surface area (Å²) in [6.07, 6.45) is 0. The molecule has 0 bridgehead atoms. The van der Waals surface area contributed by atoms with Gasteiger partial charge in [-0.05, 0) is 23.3 Å². The Kier molecular flexibility index (Phi) is 6.15. The van der Waals surface area contributed by atoms with Crippen molar-refractivity contribution in [2.45, 2.75) is 13.2 Å². The first-order chi connectivity index (χ1) is 11.0. The molecule has 0 aliphatic rings. The van der Waals surface area contributed by atoms with E-state index in [1.165, 1.54) is 4.31 Å². The fourth-order valence-corrected chi connectivity index (χ4v) is 2.84. The number of ether oxygens (including phenoxy) is 2. The highest BCUT2D eigenvalue weighted by molar-refractivity contribution is 7.88. The smallest absolute Gasteiger partial charge is 0.238 e. The molecule has 0 fully saturated rings. The molecule has 0 heterocycles. The van der Waals surface area contributed by atoms with Crippen molar-refractivity contribution >= 4 is 10.0 Å². The van der Waals surface area contributed by atoms with Gasteiger partial charge in [0.2, 0.25) is 10.0 Å². The van der Waals surface area contributed by atoms with Gasteiger partial charge >= 0.3 is 0 Å². The van der Waals surface area contributed by atoms with E-state index in [9.17, 15) is 8.42 Å². The monoisotopic (exact) mass is 335 g/mol. The molecule has 5 nitrogen and oxygen atoms in total. The largest absolute Gasteiger partial charge is 0.497 e. The Hall–Kier alpha value is -1.89. The molecule has 124 valence electrons. The van der Waals surface area contributed by atoms with Crippen LogP contribution in [0.25, 0.3) is 0 Å². The Morgan fingerprint density at radius 3 is 2.22 bits per heavy atom. The van der Waals surface area contributed by atoms with Crippen LogP contribution >= 0.6 is 0 Å². The molecule has 0 aliphatic carbocycles. The van der Waals surface area contributed by atoms with E-state index in [2.05, 4.69) is 0 Å². The summed E-state index contributed by atoms with van der Waals surface area (Å²) in [7, 11) is -0.324. The molecule has 0 radical (unpaired) electrons. The van der Waals surface area contributed by atoms with Gasteiger partial charge in [-0.1, -0.05) is 42.5 Å². The van der Waals surface area contributed by atoms with Crippen LogP contribution in [0, 0.1) is 0 Å². The molecule has 0 saturated heterocycles. The van der Waals surface area contributed by atoms with Crippen molar-refractivity contribution < 1.29 is 17.9 Å². The molecule has 0 saturated carbocycles. The van der Waals surface area contributed by atoms with Gasteiger partial charge in [0.1, 0.15) is 5.75 Å². The molecule has 0 N–H and O–H groups in total. The lowest BCUT2D eigenvalue weighted by molar-refractivity contribution is 0.159. The summed E-state index contributed by atoms with van der Waals surface area (Å²) in [5.74, 6) is 0.402. The summed E-state index contributed by atoms with van der Waals surface area (Å²) in [5, 5.41) is 0. The lowest BCUT2D eigenvalue weighted by Crippen LogP contribution is -2.29. The summed E-state index contributed by atoms with van der Waals surface area (Å²) < 4.78 is 36.2. The predicted molar refractivity (Wildman–Crippen MR) is 89.5 cm³/mol. The van der Waals surface area contributed by atoms with Crippen molar-refractivity contribution in [3.05, 3.63) is 65.7 Å². The third-order valence-corrected chi connectivity index (χ3v) is 4.93. The van der Waals surface area contributed by atoms with Gasteiger partial charge in [0.25, 0.3) is 0 Å². The molecule has 0 aliphatic heterocycles. The Balaban J connectivity index is 1.87. The van der Waals surface area contributed by atoms with E-state index < -0.39 is 10.0 Å². The Labute approximate surface area is 137 Å². The molecular weight excluding hydrogens is 314 g/mol. The van der Waals surface area contributed by atoms with E-state index in [0.717, 1.165) is 16.9 Å². The molecule has 2 aromatic rings. The van der Waals surface area contributed by atoms with Gasteiger partial charge in [-0.2, -0.15) is 4.31 Å². The van der Waals surface area contributed by atoms with E-state index in [1.54, 1.807) is 14.2 Å². The van der Waals surface area contributed by atoms with Crippen molar-refractivity contribution in [1.82, 2.24) is 4.31 Å². The van der Waals surface area contributed by atoms with Crippen LogP contribution in [-0.4, -0.2) is 32.8 Å². The minimum absolute atomic E-state index is 0.274. The van der Waals surface area contributed by atoms with Crippen LogP contribution in [0.5, 0.6) is 5.75 Å². The number of sulfonamides is 1. The number of methoxy groups -OCH3 is 1. The third kappa shape index (κ3) is 5.35. The fraction of sp³-hybridized carbons (Fsp3) is 0.294. The second-order valence-electron chi connectivity index (χ2n) is 5.17. The highest BCUT2D eigenvalue weighted by Crippen LogP contribution is 2.14.